The second-order valence-corrected chi connectivity index (χ2v) is 6.14. The van der Waals surface area contributed by atoms with Crippen LogP contribution in [0.25, 0.3) is 22.7 Å². The van der Waals surface area contributed by atoms with Crippen LogP contribution in [0.4, 0.5) is 11.4 Å². The molecule has 8 heteroatoms. The number of oxazole rings is 1. The lowest BCUT2D eigenvalue weighted by Gasteiger charge is -2.09. The molecule has 1 N–H and O–H groups in total. The highest BCUT2D eigenvalue weighted by Crippen LogP contribution is 2.27. The van der Waals surface area contributed by atoms with Gasteiger partial charge in [0.25, 0.3) is 11.6 Å². The normalized spacial score (nSPS) is 10.8. The minimum atomic E-state index is -0.536. The van der Waals surface area contributed by atoms with Crippen LogP contribution in [-0.2, 0) is 0 Å². The second-order valence-electron chi connectivity index (χ2n) is 6.14. The molecule has 0 fully saturated rings. The maximum atomic E-state index is 12.4. The van der Waals surface area contributed by atoms with Crippen LogP contribution in [0, 0.1) is 17.0 Å². The van der Waals surface area contributed by atoms with E-state index in [1.807, 2.05) is 13.0 Å². The quantitative estimate of drug-likeness (QED) is 0.420. The Labute approximate surface area is 159 Å². The monoisotopic (exact) mass is 374 g/mol. The maximum absolute atomic E-state index is 12.4. The number of non-ortho nitro benzene ring substituents is 1. The van der Waals surface area contributed by atoms with E-state index in [4.69, 9.17) is 4.42 Å². The second kappa shape index (κ2) is 6.92. The molecule has 2 heterocycles. The van der Waals surface area contributed by atoms with Gasteiger partial charge in [-0.15, -0.1) is 0 Å². The smallest absolute Gasteiger partial charge is 0.270 e. The van der Waals surface area contributed by atoms with Crippen molar-refractivity contribution >= 4 is 28.5 Å². The average Bonchev–Trinajstić information content (AvgIpc) is 3.13. The molecule has 0 atom stereocenters. The number of nitro benzene ring substituents is 1. The molecule has 0 aliphatic carbocycles. The zero-order valence-electron chi connectivity index (χ0n) is 14.7. The summed E-state index contributed by atoms with van der Waals surface area (Å²) in [4.78, 5) is 31.3. The molecule has 4 aromatic rings. The fourth-order valence-electron chi connectivity index (χ4n) is 2.78. The number of hydrogen-bond acceptors (Lipinski definition) is 6. The number of amides is 1. The lowest BCUT2D eigenvalue weighted by atomic mass is 10.1. The SMILES string of the molecule is Cc1cc(-c2nc3ncccc3o2)ccc1NC(=O)c1cccc([N+](=O)[O-])c1. The average molecular weight is 374 g/mol. The number of pyridine rings is 1. The predicted octanol–water partition coefficient (Wildman–Crippen LogP) is 4.36. The molecular weight excluding hydrogens is 360 g/mol. The van der Waals surface area contributed by atoms with E-state index in [1.54, 1.807) is 30.5 Å². The summed E-state index contributed by atoms with van der Waals surface area (Å²) < 4.78 is 5.71. The number of aryl methyl sites for hydroxylation is 1. The molecule has 0 aliphatic heterocycles. The molecular formula is C20H14N4O4. The first-order valence-electron chi connectivity index (χ1n) is 8.39. The molecule has 2 aromatic heterocycles. The zero-order valence-corrected chi connectivity index (χ0v) is 14.7. The van der Waals surface area contributed by atoms with Crippen molar-refractivity contribution in [3.63, 3.8) is 0 Å². The number of carbonyl (C=O) groups excluding carboxylic acids is 1. The molecule has 0 unspecified atom stereocenters. The van der Waals surface area contributed by atoms with Gasteiger partial charge in [0.15, 0.2) is 11.2 Å². The minimum absolute atomic E-state index is 0.135. The molecule has 8 nitrogen and oxygen atoms in total. The first-order chi connectivity index (χ1) is 13.5. The van der Waals surface area contributed by atoms with Crippen molar-refractivity contribution in [2.75, 3.05) is 5.32 Å². The summed E-state index contributed by atoms with van der Waals surface area (Å²) >= 11 is 0. The van der Waals surface area contributed by atoms with Crippen LogP contribution in [0.15, 0.2) is 65.2 Å². The Bertz CT molecular complexity index is 1180. The van der Waals surface area contributed by atoms with Crippen molar-refractivity contribution in [2.24, 2.45) is 0 Å². The number of nitrogens with zero attached hydrogens (tertiary/aromatic N) is 3. The van der Waals surface area contributed by atoms with Crippen molar-refractivity contribution in [3.8, 4) is 11.5 Å². The molecule has 1 amide bonds. The van der Waals surface area contributed by atoms with Gasteiger partial charge in [-0.2, -0.15) is 4.98 Å². The third-order valence-electron chi connectivity index (χ3n) is 4.21. The highest BCUT2D eigenvalue weighted by atomic mass is 16.6. The Morgan fingerprint density at radius 3 is 2.75 bits per heavy atom. The summed E-state index contributed by atoms with van der Waals surface area (Å²) in [5.41, 5.74) is 3.34. The van der Waals surface area contributed by atoms with Gasteiger partial charge in [-0.3, -0.25) is 14.9 Å². The molecule has 4 rings (SSSR count). The van der Waals surface area contributed by atoms with Crippen molar-refractivity contribution in [1.82, 2.24) is 9.97 Å². The van der Waals surface area contributed by atoms with Crippen LogP contribution in [0.5, 0.6) is 0 Å². The Morgan fingerprint density at radius 1 is 1.14 bits per heavy atom. The third kappa shape index (κ3) is 3.30. The van der Waals surface area contributed by atoms with Gasteiger partial charge in [0.05, 0.1) is 4.92 Å². The number of nitrogens with one attached hydrogen (secondary N) is 1. The predicted molar refractivity (Wildman–Crippen MR) is 103 cm³/mol. The standard InChI is InChI=1S/C20H14N4O4/c1-12-10-14(20-23-18-17(28-20)6-3-9-21-18)7-8-16(12)22-19(25)13-4-2-5-15(11-13)24(26)27/h2-11H,1H3,(H,22,25). The number of hydrogen-bond donors (Lipinski definition) is 1. The van der Waals surface area contributed by atoms with Gasteiger partial charge in [0, 0.05) is 35.1 Å². The summed E-state index contributed by atoms with van der Waals surface area (Å²) in [6, 6.07) is 14.5. The molecule has 0 spiro atoms. The third-order valence-corrected chi connectivity index (χ3v) is 4.21. The summed E-state index contributed by atoms with van der Waals surface area (Å²) in [6.45, 7) is 1.84. The number of carbonyl (C=O) groups is 1. The first kappa shape index (κ1) is 17.3. The van der Waals surface area contributed by atoms with Crippen LogP contribution >= 0.6 is 0 Å². The molecule has 0 saturated carbocycles. The lowest BCUT2D eigenvalue weighted by Crippen LogP contribution is -2.13. The van der Waals surface area contributed by atoms with Crippen LogP contribution in [0.1, 0.15) is 15.9 Å². The van der Waals surface area contributed by atoms with Gasteiger partial charge >= 0.3 is 0 Å². The topological polar surface area (TPSA) is 111 Å². The Balaban J connectivity index is 1.58. The highest BCUT2D eigenvalue weighted by molar-refractivity contribution is 6.05. The van der Waals surface area contributed by atoms with Crippen molar-refractivity contribution in [2.45, 2.75) is 6.92 Å². The van der Waals surface area contributed by atoms with E-state index >= 15 is 0 Å². The number of rotatable bonds is 4. The number of benzene rings is 2. The molecule has 0 bridgehead atoms. The largest absolute Gasteiger partial charge is 0.434 e. The van der Waals surface area contributed by atoms with Crippen LogP contribution < -0.4 is 5.32 Å². The van der Waals surface area contributed by atoms with Crippen molar-refractivity contribution < 1.29 is 14.1 Å². The van der Waals surface area contributed by atoms with Crippen molar-refractivity contribution in [1.29, 1.82) is 0 Å². The Kier molecular flexibility index (Phi) is 4.29. The van der Waals surface area contributed by atoms with E-state index in [-0.39, 0.29) is 11.3 Å². The summed E-state index contributed by atoms with van der Waals surface area (Å²) in [5.74, 6) is 0.0129. The highest BCUT2D eigenvalue weighted by Gasteiger charge is 2.14. The van der Waals surface area contributed by atoms with Gasteiger partial charge in [-0.1, -0.05) is 6.07 Å². The van der Waals surface area contributed by atoms with E-state index in [0.717, 1.165) is 11.1 Å². The maximum Gasteiger partial charge on any atom is 0.270 e. The van der Waals surface area contributed by atoms with E-state index in [1.165, 1.54) is 24.3 Å². The van der Waals surface area contributed by atoms with Crippen LogP contribution in [-0.4, -0.2) is 20.8 Å². The van der Waals surface area contributed by atoms with E-state index in [9.17, 15) is 14.9 Å². The molecule has 0 radical (unpaired) electrons. The zero-order chi connectivity index (χ0) is 19.7. The number of fused-ring (bicyclic) bond motifs is 1. The van der Waals surface area contributed by atoms with Gasteiger partial charge in [-0.05, 0) is 48.9 Å². The lowest BCUT2D eigenvalue weighted by molar-refractivity contribution is -0.384. The van der Waals surface area contributed by atoms with Gasteiger partial charge < -0.3 is 9.73 Å². The van der Waals surface area contributed by atoms with Crippen molar-refractivity contribution in [3.05, 3.63) is 82.0 Å². The Morgan fingerprint density at radius 2 is 2.00 bits per heavy atom. The number of nitro groups is 1. The first-order valence-corrected chi connectivity index (χ1v) is 8.39. The summed E-state index contributed by atoms with van der Waals surface area (Å²) in [7, 11) is 0. The van der Waals surface area contributed by atoms with E-state index in [2.05, 4.69) is 15.3 Å². The molecule has 0 saturated heterocycles. The minimum Gasteiger partial charge on any atom is -0.434 e. The number of anilines is 1. The van der Waals surface area contributed by atoms with Gasteiger partial charge in [-0.25, -0.2) is 4.98 Å². The number of aromatic nitrogens is 2. The molecule has 2 aromatic carbocycles. The fraction of sp³-hybridized carbons (Fsp3) is 0.0500. The van der Waals surface area contributed by atoms with Crippen LogP contribution in [0.2, 0.25) is 0 Å². The van der Waals surface area contributed by atoms with Gasteiger partial charge in [0.1, 0.15) is 0 Å². The summed E-state index contributed by atoms with van der Waals surface area (Å²) in [6.07, 6.45) is 1.65. The van der Waals surface area contributed by atoms with Gasteiger partial charge in [0.2, 0.25) is 5.89 Å². The molecule has 138 valence electrons. The van der Waals surface area contributed by atoms with E-state index in [0.29, 0.717) is 22.8 Å². The fourth-order valence-corrected chi connectivity index (χ4v) is 2.78. The molecule has 0 aliphatic rings. The summed E-state index contributed by atoms with van der Waals surface area (Å²) in [5, 5.41) is 13.7. The Hall–Kier alpha value is -4.07. The van der Waals surface area contributed by atoms with E-state index < -0.39 is 10.8 Å². The van der Waals surface area contributed by atoms with Crippen LogP contribution in [0.3, 0.4) is 0 Å². The molecule has 28 heavy (non-hydrogen) atoms.